The van der Waals surface area contributed by atoms with E-state index in [0.717, 1.165) is 18.4 Å². The van der Waals surface area contributed by atoms with Crippen LogP contribution in [0.2, 0.25) is 0 Å². The topological polar surface area (TPSA) is 81.9 Å². The van der Waals surface area contributed by atoms with Crippen LogP contribution in [-0.2, 0) is 10.2 Å². The van der Waals surface area contributed by atoms with Gasteiger partial charge in [0.1, 0.15) is 11.6 Å². The molecule has 34 heavy (non-hydrogen) atoms. The van der Waals surface area contributed by atoms with Gasteiger partial charge in [-0.05, 0) is 39.0 Å². The van der Waals surface area contributed by atoms with Crippen molar-refractivity contribution in [3.63, 3.8) is 0 Å². The first kappa shape index (κ1) is 20.5. The summed E-state index contributed by atoms with van der Waals surface area (Å²) < 4.78 is 48.6. The van der Waals surface area contributed by atoms with E-state index in [1.807, 2.05) is 28.9 Å². The van der Waals surface area contributed by atoms with Gasteiger partial charge in [-0.3, -0.25) is 4.68 Å². The zero-order valence-corrected chi connectivity index (χ0v) is 18.7. The maximum absolute atomic E-state index is 13.5. The zero-order chi connectivity index (χ0) is 23.3. The fourth-order valence-corrected chi connectivity index (χ4v) is 5.92. The van der Waals surface area contributed by atoms with E-state index in [-0.39, 0.29) is 25.4 Å². The highest BCUT2D eigenvalue weighted by molar-refractivity contribution is 5.76. The summed E-state index contributed by atoms with van der Waals surface area (Å²) in [7, 11) is 0. The number of alkyl halides is 3. The lowest BCUT2D eigenvalue weighted by atomic mass is 9.34. The van der Waals surface area contributed by atoms with Crippen LogP contribution in [0.25, 0.3) is 11.2 Å². The Morgan fingerprint density at radius 1 is 1.09 bits per heavy atom. The Hall–Kier alpha value is -2.82. The third-order valence-electron chi connectivity index (χ3n) is 7.91. The van der Waals surface area contributed by atoms with Gasteiger partial charge in [0.2, 0.25) is 5.95 Å². The first-order valence-corrected chi connectivity index (χ1v) is 11.7. The lowest BCUT2D eigenvalue weighted by Gasteiger charge is -2.70. The molecule has 5 fully saturated rings. The minimum atomic E-state index is -4.18. The summed E-state index contributed by atoms with van der Waals surface area (Å²) in [4.78, 5) is 20.6. The molecule has 1 atom stereocenters. The number of aromatic nitrogens is 6. The molecule has 11 heteroatoms. The van der Waals surface area contributed by atoms with Gasteiger partial charge in [0.05, 0.1) is 42.2 Å². The van der Waals surface area contributed by atoms with Gasteiger partial charge in [0, 0.05) is 29.9 Å². The minimum Gasteiger partial charge on any atom is -0.370 e. The molecule has 2 bridgehead atoms. The van der Waals surface area contributed by atoms with Gasteiger partial charge < -0.3 is 9.64 Å². The monoisotopic (exact) mass is 471 g/mol. The molecule has 0 amide bonds. The van der Waals surface area contributed by atoms with E-state index in [0.29, 0.717) is 54.2 Å². The van der Waals surface area contributed by atoms with Crippen LogP contribution < -0.4 is 4.90 Å². The van der Waals surface area contributed by atoms with Crippen LogP contribution in [0.4, 0.5) is 19.1 Å². The molecular weight excluding hydrogens is 447 g/mol. The van der Waals surface area contributed by atoms with Gasteiger partial charge in [-0.1, -0.05) is 0 Å². The van der Waals surface area contributed by atoms with Crippen molar-refractivity contribution in [3.05, 3.63) is 35.5 Å². The van der Waals surface area contributed by atoms with Crippen LogP contribution in [0, 0.1) is 12.3 Å². The summed E-state index contributed by atoms with van der Waals surface area (Å²) in [6.07, 6.45) is 3.69. The summed E-state index contributed by atoms with van der Waals surface area (Å²) in [5.41, 5.74) is 1.13. The first-order chi connectivity index (χ1) is 16.3. The van der Waals surface area contributed by atoms with Crippen LogP contribution >= 0.6 is 0 Å². The summed E-state index contributed by atoms with van der Waals surface area (Å²) in [5, 5.41) is 4.48. The highest BCUT2D eigenvalue weighted by atomic mass is 19.4. The SMILES string of the molecule is Cc1cnc2c(C34CC(C(F)(F)F)(C3)C4)nc(N3CCO[C@@H](c4cnn(C5CC5)c4)C3)nc2n1. The van der Waals surface area contributed by atoms with Gasteiger partial charge in [-0.15, -0.1) is 0 Å². The van der Waals surface area contributed by atoms with Crippen molar-refractivity contribution in [1.29, 1.82) is 0 Å². The summed E-state index contributed by atoms with van der Waals surface area (Å²) in [6, 6.07) is 0.495. The van der Waals surface area contributed by atoms with E-state index in [2.05, 4.69) is 20.1 Å². The van der Waals surface area contributed by atoms with Crippen LogP contribution in [-0.4, -0.2) is 55.6 Å². The number of nitrogens with zero attached hydrogens (tertiary/aromatic N) is 7. The predicted octanol–water partition coefficient (Wildman–Crippen LogP) is 3.82. The molecule has 4 aliphatic carbocycles. The fourth-order valence-electron chi connectivity index (χ4n) is 5.92. The van der Waals surface area contributed by atoms with E-state index in [9.17, 15) is 13.2 Å². The van der Waals surface area contributed by atoms with Gasteiger partial charge in [0.25, 0.3) is 0 Å². The fraction of sp³-hybridized carbons (Fsp3) is 0.609. The van der Waals surface area contributed by atoms with Crippen molar-refractivity contribution in [2.75, 3.05) is 24.6 Å². The lowest BCUT2D eigenvalue weighted by molar-refractivity contribution is -0.337. The quantitative estimate of drug-likeness (QED) is 0.572. The molecule has 1 aliphatic heterocycles. The van der Waals surface area contributed by atoms with Crippen molar-refractivity contribution in [2.24, 2.45) is 5.41 Å². The molecular formula is C23H24F3N7O. The predicted molar refractivity (Wildman–Crippen MR) is 115 cm³/mol. The molecule has 3 aromatic rings. The van der Waals surface area contributed by atoms with Crippen LogP contribution in [0.1, 0.15) is 61.2 Å². The van der Waals surface area contributed by atoms with Crippen molar-refractivity contribution in [3.8, 4) is 0 Å². The van der Waals surface area contributed by atoms with Gasteiger partial charge in [-0.25, -0.2) is 15.0 Å². The maximum Gasteiger partial charge on any atom is 0.394 e. The zero-order valence-electron chi connectivity index (χ0n) is 18.7. The number of fused-ring (bicyclic) bond motifs is 1. The Bertz CT molecular complexity index is 1280. The third-order valence-corrected chi connectivity index (χ3v) is 7.91. The number of morpholine rings is 1. The van der Waals surface area contributed by atoms with Gasteiger partial charge >= 0.3 is 6.18 Å². The van der Waals surface area contributed by atoms with Crippen molar-refractivity contribution in [2.45, 2.75) is 62.8 Å². The highest BCUT2D eigenvalue weighted by Crippen LogP contribution is 2.78. The number of anilines is 1. The number of hydrogen-bond acceptors (Lipinski definition) is 7. The Kier molecular flexibility index (Phi) is 4.02. The number of rotatable bonds is 4. The summed E-state index contributed by atoms with van der Waals surface area (Å²) in [5.74, 6) is 0.482. The molecule has 0 radical (unpaired) electrons. The maximum atomic E-state index is 13.5. The standard InChI is InChI=1S/C23H24F3N7O/c1-13-6-27-17-18(21-10-22(11-21,12-21)23(24,25)26)30-20(31-19(17)29-13)32-4-5-34-16(9-32)14-7-28-33(8-14)15-2-3-15/h6-8,15-16H,2-5,9-12H2,1H3/t16-,21?,22?/m1/s1. The van der Waals surface area contributed by atoms with Gasteiger partial charge in [0.15, 0.2) is 5.65 Å². The molecule has 1 saturated heterocycles. The molecule has 0 unspecified atom stereocenters. The Morgan fingerprint density at radius 2 is 1.88 bits per heavy atom. The van der Waals surface area contributed by atoms with E-state index in [4.69, 9.17) is 9.72 Å². The average Bonchev–Trinajstić information content (AvgIpc) is 3.47. The van der Waals surface area contributed by atoms with E-state index < -0.39 is 17.0 Å². The van der Waals surface area contributed by atoms with Crippen LogP contribution in [0.3, 0.4) is 0 Å². The molecule has 8 rings (SSSR count). The van der Waals surface area contributed by atoms with Crippen LogP contribution in [0.5, 0.6) is 0 Å². The van der Waals surface area contributed by atoms with E-state index in [1.165, 1.54) is 0 Å². The molecule has 4 saturated carbocycles. The third kappa shape index (κ3) is 2.91. The minimum absolute atomic E-state index is 0.0662. The normalized spacial score (nSPS) is 30.8. The Balaban J connectivity index is 1.22. The molecule has 3 aromatic heterocycles. The van der Waals surface area contributed by atoms with Crippen molar-refractivity contribution < 1.29 is 17.9 Å². The van der Waals surface area contributed by atoms with E-state index >= 15 is 0 Å². The molecule has 178 valence electrons. The molecule has 8 nitrogen and oxygen atoms in total. The second kappa shape index (κ2) is 6.65. The molecule has 0 spiro atoms. The van der Waals surface area contributed by atoms with Crippen molar-refractivity contribution >= 4 is 17.1 Å². The van der Waals surface area contributed by atoms with Gasteiger partial charge in [-0.2, -0.15) is 23.3 Å². The number of halogens is 3. The molecule has 5 aliphatic rings. The van der Waals surface area contributed by atoms with Crippen LogP contribution in [0.15, 0.2) is 18.6 Å². The number of aryl methyl sites for hydroxylation is 1. The highest BCUT2D eigenvalue weighted by Gasteiger charge is 2.79. The second-order valence-electron chi connectivity index (χ2n) is 10.4. The first-order valence-electron chi connectivity index (χ1n) is 11.7. The summed E-state index contributed by atoms with van der Waals surface area (Å²) >= 11 is 0. The smallest absolute Gasteiger partial charge is 0.370 e. The van der Waals surface area contributed by atoms with E-state index in [1.54, 1.807) is 6.20 Å². The number of ether oxygens (including phenoxy) is 1. The molecule has 4 heterocycles. The molecule has 0 aromatic carbocycles. The van der Waals surface area contributed by atoms with Crippen molar-refractivity contribution in [1.82, 2.24) is 29.7 Å². The lowest BCUT2D eigenvalue weighted by Crippen LogP contribution is -2.70. The summed E-state index contributed by atoms with van der Waals surface area (Å²) in [6.45, 7) is 3.46. The number of hydrogen-bond donors (Lipinski definition) is 0. The average molecular weight is 471 g/mol. The molecule has 0 N–H and O–H groups in total. The second-order valence-corrected chi connectivity index (χ2v) is 10.4. The Labute approximate surface area is 193 Å². The largest absolute Gasteiger partial charge is 0.394 e. The Morgan fingerprint density at radius 3 is 2.62 bits per heavy atom.